The number of aromatic hydroxyl groups is 1. The Kier molecular flexibility index (Phi) is 3.51. The van der Waals surface area contributed by atoms with Gasteiger partial charge in [-0.2, -0.15) is 0 Å². The second kappa shape index (κ2) is 4.44. The van der Waals surface area contributed by atoms with E-state index in [9.17, 15) is 9.50 Å². The van der Waals surface area contributed by atoms with Gasteiger partial charge in [-0.1, -0.05) is 11.6 Å². The van der Waals surface area contributed by atoms with Crippen molar-refractivity contribution < 1.29 is 9.50 Å². The second-order valence-electron chi connectivity index (χ2n) is 2.75. The smallest absolute Gasteiger partial charge is 0.130 e. The predicted octanol–water partition coefficient (Wildman–Crippen LogP) is 2.41. The van der Waals surface area contributed by atoms with E-state index in [1.807, 2.05) is 0 Å². The van der Waals surface area contributed by atoms with Gasteiger partial charge in [-0.15, -0.1) is 0 Å². The van der Waals surface area contributed by atoms with Gasteiger partial charge in [-0.3, -0.25) is 0 Å². The van der Waals surface area contributed by atoms with Crippen LogP contribution in [-0.4, -0.2) is 11.7 Å². The highest BCUT2D eigenvalue weighted by molar-refractivity contribution is 6.30. The SMILES string of the molecule is NCCC(F)c1cc(Cl)ccc1O. The van der Waals surface area contributed by atoms with Gasteiger partial charge in [-0.25, -0.2) is 4.39 Å². The van der Waals surface area contributed by atoms with Crippen LogP contribution in [0.4, 0.5) is 4.39 Å². The van der Waals surface area contributed by atoms with E-state index in [4.69, 9.17) is 17.3 Å². The first kappa shape index (κ1) is 10.3. The Hall–Kier alpha value is -0.800. The highest BCUT2D eigenvalue weighted by atomic mass is 35.5. The van der Waals surface area contributed by atoms with Crippen LogP contribution in [0.1, 0.15) is 18.2 Å². The number of hydrogen-bond donors (Lipinski definition) is 2. The van der Waals surface area contributed by atoms with Gasteiger partial charge in [0.25, 0.3) is 0 Å². The highest BCUT2D eigenvalue weighted by Crippen LogP contribution is 2.31. The Morgan fingerprint density at radius 1 is 1.54 bits per heavy atom. The Balaban J connectivity index is 2.91. The summed E-state index contributed by atoms with van der Waals surface area (Å²) in [6.45, 7) is 0.243. The molecule has 0 spiro atoms. The molecule has 0 aromatic heterocycles. The van der Waals surface area contributed by atoms with Crippen LogP contribution >= 0.6 is 11.6 Å². The number of benzene rings is 1. The summed E-state index contributed by atoms with van der Waals surface area (Å²) >= 11 is 5.65. The van der Waals surface area contributed by atoms with Crippen LogP contribution < -0.4 is 5.73 Å². The molecule has 0 aliphatic carbocycles. The summed E-state index contributed by atoms with van der Waals surface area (Å²) in [7, 11) is 0. The monoisotopic (exact) mass is 203 g/mol. The zero-order chi connectivity index (χ0) is 9.84. The third kappa shape index (κ3) is 2.57. The Morgan fingerprint density at radius 3 is 2.85 bits per heavy atom. The molecular formula is C9H11ClFNO. The van der Waals surface area contributed by atoms with Crippen molar-refractivity contribution in [1.82, 2.24) is 0 Å². The fraction of sp³-hybridized carbons (Fsp3) is 0.333. The molecule has 1 atom stereocenters. The Labute approximate surface area is 81.1 Å². The fourth-order valence-corrected chi connectivity index (χ4v) is 1.26. The number of rotatable bonds is 3. The van der Waals surface area contributed by atoms with Crippen LogP contribution in [0.3, 0.4) is 0 Å². The number of hydrogen-bond acceptors (Lipinski definition) is 2. The zero-order valence-corrected chi connectivity index (χ0v) is 7.76. The predicted molar refractivity (Wildman–Crippen MR) is 50.6 cm³/mol. The van der Waals surface area contributed by atoms with E-state index in [0.717, 1.165) is 0 Å². The van der Waals surface area contributed by atoms with Crippen molar-refractivity contribution in [3.05, 3.63) is 28.8 Å². The molecule has 2 nitrogen and oxygen atoms in total. The third-order valence-corrected chi connectivity index (χ3v) is 1.98. The molecule has 3 N–H and O–H groups in total. The number of phenols is 1. The van der Waals surface area contributed by atoms with E-state index >= 15 is 0 Å². The second-order valence-corrected chi connectivity index (χ2v) is 3.18. The molecule has 0 aliphatic rings. The molecular weight excluding hydrogens is 193 g/mol. The van der Waals surface area contributed by atoms with Crippen molar-refractivity contribution in [3.63, 3.8) is 0 Å². The molecule has 1 aromatic carbocycles. The van der Waals surface area contributed by atoms with Gasteiger partial charge in [0.15, 0.2) is 0 Å². The summed E-state index contributed by atoms with van der Waals surface area (Å²) in [6.07, 6.45) is -1.06. The maximum atomic E-state index is 13.3. The zero-order valence-electron chi connectivity index (χ0n) is 7.00. The normalized spacial score (nSPS) is 12.8. The highest BCUT2D eigenvalue weighted by Gasteiger charge is 2.13. The lowest BCUT2D eigenvalue weighted by Gasteiger charge is -2.09. The van der Waals surface area contributed by atoms with Crippen LogP contribution in [0.5, 0.6) is 5.75 Å². The van der Waals surface area contributed by atoms with Crippen LogP contribution in [0.2, 0.25) is 5.02 Å². The molecule has 0 bridgehead atoms. The molecule has 1 aromatic rings. The summed E-state index contributed by atoms with van der Waals surface area (Å²) < 4.78 is 13.3. The third-order valence-electron chi connectivity index (χ3n) is 1.75. The van der Waals surface area contributed by atoms with Crippen LogP contribution in [0.15, 0.2) is 18.2 Å². The molecule has 0 saturated carbocycles. The van der Waals surface area contributed by atoms with E-state index in [1.54, 1.807) is 0 Å². The van der Waals surface area contributed by atoms with Crippen molar-refractivity contribution in [2.45, 2.75) is 12.6 Å². The lowest BCUT2D eigenvalue weighted by molar-refractivity contribution is 0.316. The minimum Gasteiger partial charge on any atom is -0.508 e. The number of halogens is 2. The van der Waals surface area contributed by atoms with Gasteiger partial charge in [0.05, 0.1) is 0 Å². The molecule has 1 unspecified atom stereocenters. The standard InChI is InChI=1S/C9H11ClFNO/c10-6-1-2-9(13)7(5-6)8(11)3-4-12/h1-2,5,8,13H,3-4,12H2. The molecule has 13 heavy (non-hydrogen) atoms. The maximum absolute atomic E-state index is 13.3. The summed E-state index contributed by atoms with van der Waals surface area (Å²) in [5, 5.41) is 9.70. The van der Waals surface area contributed by atoms with Gasteiger partial charge >= 0.3 is 0 Å². The molecule has 4 heteroatoms. The first-order valence-corrected chi connectivity index (χ1v) is 4.35. The molecule has 0 radical (unpaired) electrons. The maximum Gasteiger partial charge on any atom is 0.130 e. The fourth-order valence-electron chi connectivity index (χ4n) is 1.08. The first-order chi connectivity index (χ1) is 6.15. The van der Waals surface area contributed by atoms with E-state index in [1.165, 1.54) is 18.2 Å². The quantitative estimate of drug-likeness (QED) is 0.793. The minimum atomic E-state index is -1.25. The van der Waals surface area contributed by atoms with E-state index in [-0.39, 0.29) is 24.3 Å². The average molecular weight is 204 g/mol. The number of nitrogens with two attached hydrogens (primary N) is 1. The Bertz CT molecular complexity index is 293. The van der Waals surface area contributed by atoms with Gasteiger partial charge in [0.2, 0.25) is 0 Å². The van der Waals surface area contributed by atoms with E-state index < -0.39 is 6.17 Å². The molecule has 0 amide bonds. The molecule has 72 valence electrons. The topological polar surface area (TPSA) is 46.2 Å². The van der Waals surface area contributed by atoms with Crippen LogP contribution in [0.25, 0.3) is 0 Å². The largest absolute Gasteiger partial charge is 0.508 e. The first-order valence-electron chi connectivity index (χ1n) is 3.97. The Morgan fingerprint density at radius 2 is 2.23 bits per heavy atom. The van der Waals surface area contributed by atoms with Crippen LogP contribution in [0, 0.1) is 0 Å². The summed E-state index contributed by atoms with van der Waals surface area (Å²) in [6, 6.07) is 4.30. The lowest BCUT2D eigenvalue weighted by atomic mass is 10.1. The van der Waals surface area contributed by atoms with Crippen molar-refractivity contribution in [2.75, 3.05) is 6.54 Å². The number of phenolic OH excluding ortho intramolecular Hbond substituents is 1. The molecule has 1 rings (SSSR count). The summed E-state index contributed by atoms with van der Waals surface area (Å²) in [5.74, 6) is -0.0784. The number of alkyl halides is 1. The molecule has 0 aliphatic heterocycles. The minimum absolute atomic E-state index is 0.0784. The van der Waals surface area contributed by atoms with E-state index in [2.05, 4.69) is 0 Å². The summed E-state index contributed by atoms with van der Waals surface area (Å²) in [4.78, 5) is 0. The van der Waals surface area contributed by atoms with E-state index in [0.29, 0.717) is 5.02 Å². The molecule has 0 fully saturated rings. The van der Waals surface area contributed by atoms with Crippen LogP contribution in [-0.2, 0) is 0 Å². The van der Waals surface area contributed by atoms with Gasteiger partial charge in [0.1, 0.15) is 11.9 Å². The lowest BCUT2D eigenvalue weighted by Crippen LogP contribution is -2.03. The average Bonchev–Trinajstić information content (AvgIpc) is 2.09. The van der Waals surface area contributed by atoms with Crippen molar-refractivity contribution >= 4 is 11.6 Å². The van der Waals surface area contributed by atoms with Gasteiger partial charge in [-0.05, 0) is 31.2 Å². The van der Waals surface area contributed by atoms with Crippen molar-refractivity contribution in [3.8, 4) is 5.75 Å². The molecule has 0 saturated heterocycles. The van der Waals surface area contributed by atoms with Crippen molar-refractivity contribution in [1.29, 1.82) is 0 Å². The summed E-state index contributed by atoms with van der Waals surface area (Å²) in [5.41, 5.74) is 5.41. The van der Waals surface area contributed by atoms with Gasteiger partial charge in [0, 0.05) is 10.6 Å². The van der Waals surface area contributed by atoms with Crippen molar-refractivity contribution in [2.24, 2.45) is 5.73 Å². The van der Waals surface area contributed by atoms with Gasteiger partial charge < -0.3 is 10.8 Å². The molecule has 0 heterocycles.